The number of piperidine rings is 1. The van der Waals surface area contributed by atoms with Crippen molar-refractivity contribution in [1.82, 2.24) is 19.7 Å². The van der Waals surface area contributed by atoms with Gasteiger partial charge in [0.2, 0.25) is 5.95 Å². The van der Waals surface area contributed by atoms with Gasteiger partial charge in [-0.3, -0.25) is 4.57 Å². The van der Waals surface area contributed by atoms with Crippen LogP contribution in [-0.4, -0.2) is 72.4 Å². The number of aromatic nitrogens is 4. The molecule has 0 saturated carbocycles. The first-order valence-corrected chi connectivity index (χ1v) is 12.0. The van der Waals surface area contributed by atoms with Gasteiger partial charge in [0.15, 0.2) is 11.0 Å². The second kappa shape index (κ2) is 8.73. The van der Waals surface area contributed by atoms with Crippen LogP contribution < -0.4 is 9.80 Å². The van der Waals surface area contributed by atoms with E-state index in [0.717, 1.165) is 101 Å². The summed E-state index contributed by atoms with van der Waals surface area (Å²) < 4.78 is 13.3. The maximum atomic E-state index is 9.48. The van der Waals surface area contributed by atoms with E-state index in [4.69, 9.17) is 14.5 Å². The summed E-state index contributed by atoms with van der Waals surface area (Å²) in [6.07, 6.45) is 2.74. The van der Waals surface area contributed by atoms with Crippen LogP contribution in [0.25, 0.3) is 11.5 Å². The molecule has 1 unspecified atom stereocenters. The van der Waals surface area contributed by atoms with E-state index in [1.807, 2.05) is 0 Å². The van der Waals surface area contributed by atoms with E-state index in [-0.39, 0.29) is 5.41 Å². The Balaban J connectivity index is 1.42. The molecule has 3 aliphatic heterocycles. The van der Waals surface area contributed by atoms with Gasteiger partial charge >= 0.3 is 0 Å². The number of hydrogen-bond donors (Lipinski definition) is 0. The average molecular weight is 444 g/mol. The molecule has 5 heterocycles. The molecular formula is C21H29N7O2S. The first-order valence-electron chi connectivity index (χ1n) is 11.1. The van der Waals surface area contributed by atoms with Crippen LogP contribution in [0.4, 0.5) is 11.1 Å². The van der Waals surface area contributed by atoms with Gasteiger partial charge in [0, 0.05) is 50.6 Å². The van der Waals surface area contributed by atoms with Crippen LogP contribution in [-0.2, 0) is 16.0 Å². The van der Waals surface area contributed by atoms with Crippen LogP contribution in [0, 0.1) is 22.7 Å². The molecule has 0 spiro atoms. The number of nitrogens with zero attached hydrogens (tertiary/aromatic N) is 7. The highest BCUT2D eigenvalue weighted by Gasteiger charge is 2.33. The van der Waals surface area contributed by atoms with Crippen molar-refractivity contribution in [3.63, 3.8) is 0 Å². The van der Waals surface area contributed by atoms with E-state index in [9.17, 15) is 5.26 Å². The molecule has 0 radical (unpaired) electrons. The number of rotatable bonds is 5. The van der Waals surface area contributed by atoms with E-state index in [1.54, 1.807) is 11.3 Å². The Hall–Kier alpha value is -2.22. The highest BCUT2D eigenvalue weighted by molar-refractivity contribution is 7.14. The molecule has 10 heteroatoms. The van der Waals surface area contributed by atoms with Crippen LogP contribution in [0.5, 0.6) is 0 Å². The molecule has 1 atom stereocenters. The fourth-order valence-electron chi connectivity index (χ4n) is 4.45. The van der Waals surface area contributed by atoms with Gasteiger partial charge in [-0.05, 0) is 26.2 Å². The lowest BCUT2D eigenvalue weighted by Crippen LogP contribution is -2.39. The molecule has 0 aromatic carbocycles. The second-order valence-corrected chi connectivity index (χ2v) is 9.77. The van der Waals surface area contributed by atoms with E-state index in [2.05, 4.69) is 42.9 Å². The Kier molecular flexibility index (Phi) is 5.82. The van der Waals surface area contributed by atoms with E-state index in [0.29, 0.717) is 5.92 Å². The Morgan fingerprint density at radius 2 is 1.94 bits per heavy atom. The van der Waals surface area contributed by atoms with Crippen molar-refractivity contribution >= 4 is 22.4 Å². The normalized spacial score (nSPS) is 23.8. The molecule has 2 aromatic rings. The molecule has 3 fully saturated rings. The molecule has 3 saturated heterocycles. The lowest BCUT2D eigenvalue weighted by molar-refractivity contribution is 0.122. The van der Waals surface area contributed by atoms with Crippen LogP contribution >= 0.6 is 11.3 Å². The zero-order valence-corrected chi connectivity index (χ0v) is 18.8. The van der Waals surface area contributed by atoms with Gasteiger partial charge in [-0.15, -0.1) is 21.5 Å². The van der Waals surface area contributed by atoms with Gasteiger partial charge in [-0.2, -0.15) is 5.26 Å². The molecule has 5 rings (SSSR count). The van der Waals surface area contributed by atoms with Gasteiger partial charge in [0.05, 0.1) is 31.3 Å². The third-order valence-corrected chi connectivity index (χ3v) is 7.52. The van der Waals surface area contributed by atoms with Crippen LogP contribution in [0.1, 0.15) is 26.2 Å². The molecular weight excluding hydrogens is 414 g/mol. The molecule has 166 valence electrons. The van der Waals surface area contributed by atoms with E-state index < -0.39 is 0 Å². The maximum absolute atomic E-state index is 9.48. The molecule has 31 heavy (non-hydrogen) atoms. The number of anilines is 2. The third kappa shape index (κ3) is 4.27. The van der Waals surface area contributed by atoms with Gasteiger partial charge in [-0.25, -0.2) is 4.98 Å². The minimum absolute atomic E-state index is 0.245. The molecule has 0 aliphatic carbocycles. The van der Waals surface area contributed by atoms with Crippen molar-refractivity contribution in [2.24, 2.45) is 11.3 Å². The average Bonchev–Trinajstić information content (AvgIpc) is 3.57. The van der Waals surface area contributed by atoms with Gasteiger partial charge in [0.25, 0.3) is 0 Å². The Bertz CT molecular complexity index is 932. The van der Waals surface area contributed by atoms with Crippen molar-refractivity contribution in [2.45, 2.75) is 32.7 Å². The van der Waals surface area contributed by atoms with Gasteiger partial charge in [-0.1, -0.05) is 0 Å². The topological polar surface area (TPSA) is 92.3 Å². The Labute approximate surface area is 186 Å². The van der Waals surface area contributed by atoms with Crippen LogP contribution in [0.3, 0.4) is 0 Å². The first-order chi connectivity index (χ1) is 15.1. The highest BCUT2D eigenvalue weighted by Crippen LogP contribution is 2.34. The largest absolute Gasteiger partial charge is 0.381 e. The van der Waals surface area contributed by atoms with E-state index >= 15 is 0 Å². The molecule has 9 nitrogen and oxygen atoms in total. The second-order valence-electron chi connectivity index (χ2n) is 8.94. The molecule has 0 amide bonds. The first kappa shape index (κ1) is 20.7. The number of morpholine rings is 1. The third-order valence-electron chi connectivity index (χ3n) is 6.62. The smallest absolute Gasteiger partial charge is 0.227 e. The fraction of sp³-hybridized carbons (Fsp3) is 0.714. The van der Waals surface area contributed by atoms with Crippen molar-refractivity contribution in [3.05, 3.63) is 5.38 Å². The zero-order chi connectivity index (χ0) is 21.3. The minimum Gasteiger partial charge on any atom is -0.381 e. The highest BCUT2D eigenvalue weighted by atomic mass is 32.1. The summed E-state index contributed by atoms with van der Waals surface area (Å²) in [5.41, 5.74) is 0.633. The number of thiazole rings is 1. The predicted molar refractivity (Wildman–Crippen MR) is 118 cm³/mol. The summed E-state index contributed by atoms with van der Waals surface area (Å²) in [4.78, 5) is 9.46. The lowest BCUT2D eigenvalue weighted by atomic mass is 9.82. The predicted octanol–water partition coefficient (Wildman–Crippen LogP) is 2.40. The fourth-order valence-corrected chi connectivity index (χ4v) is 5.31. The van der Waals surface area contributed by atoms with Gasteiger partial charge in [0.1, 0.15) is 5.69 Å². The number of nitriles is 1. The standard InChI is InChI=1S/C21H29N7O2S/c1-21(15-22)3-5-26(6-4-21)19-25-24-18(28(19)12-16-2-9-30-13-16)17-14-31-20(23-17)27-7-10-29-11-8-27/h14,16H,2-13H2,1H3. The molecule has 0 N–H and O–H groups in total. The minimum atomic E-state index is -0.245. The number of ether oxygens (including phenoxy) is 2. The summed E-state index contributed by atoms with van der Waals surface area (Å²) in [6.45, 7) is 9.34. The maximum Gasteiger partial charge on any atom is 0.227 e. The summed E-state index contributed by atoms with van der Waals surface area (Å²) >= 11 is 1.65. The van der Waals surface area contributed by atoms with Crippen molar-refractivity contribution < 1.29 is 9.47 Å². The molecule has 3 aliphatic rings. The van der Waals surface area contributed by atoms with Crippen molar-refractivity contribution in [2.75, 3.05) is 62.4 Å². The number of hydrogen-bond acceptors (Lipinski definition) is 9. The van der Waals surface area contributed by atoms with Crippen LogP contribution in [0.2, 0.25) is 0 Å². The molecule has 2 aromatic heterocycles. The monoisotopic (exact) mass is 443 g/mol. The Morgan fingerprint density at radius 3 is 2.65 bits per heavy atom. The van der Waals surface area contributed by atoms with Crippen molar-refractivity contribution in [1.29, 1.82) is 5.26 Å². The molecule has 0 bridgehead atoms. The van der Waals surface area contributed by atoms with Crippen LogP contribution in [0.15, 0.2) is 5.38 Å². The quantitative estimate of drug-likeness (QED) is 0.696. The Morgan fingerprint density at radius 1 is 1.13 bits per heavy atom. The van der Waals surface area contributed by atoms with Crippen molar-refractivity contribution in [3.8, 4) is 17.6 Å². The SMILES string of the molecule is CC1(C#N)CCN(c2nnc(-c3csc(N4CCOCC4)n3)n2CC2CCOC2)CC1. The summed E-state index contributed by atoms with van der Waals surface area (Å²) in [5.74, 6) is 2.18. The zero-order valence-electron chi connectivity index (χ0n) is 18.0. The van der Waals surface area contributed by atoms with E-state index in [1.165, 1.54) is 0 Å². The summed E-state index contributed by atoms with van der Waals surface area (Å²) in [7, 11) is 0. The van der Waals surface area contributed by atoms with Gasteiger partial charge < -0.3 is 19.3 Å². The summed E-state index contributed by atoms with van der Waals surface area (Å²) in [6, 6.07) is 2.48. The summed E-state index contributed by atoms with van der Waals surface area (Å²) in [5, 5.41) is 21.8. The lowest BCUT2D eigenvalue weighted by Gasteiger charge is -2.35.